The monoisotopic (exact) mass is 270 g/mol. The molecule has 0 radical (unpaired) electrons. The Morgan fingerprint density at radius 2 is 2.20 bits per heavy atom. The second kappa shape index (κ2) is 4.98. The van der Waals surface area contributed by atoms with E-state index in [9.17, 15) is 4.79 Å². The smallest absolute Gasteiger partial charge is 0.328 e. The second-order valence-corrected chi connectivity index (χ2v) is 3.89. The average molecular weight is 271 g/mol. The van der Waals surface area contributed by atoms with Crippen LogP contribution in [0, 0.1) is 6.92 Å². The summed E-state index contributed by atoms with van der Waals surface area (Å²) < 4.78 is 5.98. The van der Waals surface area contributed by atoms with Gasteiger partial charge in [0.05, 0.1) is 7.11 Å². The first-order chi connectivity index (χ1) is 7.04. The van der Waals surface area contributed by atoms with E-state index in [2.05, 4.69) is 15.9 Å². The Bertz CT molecular complexity index is 411. The number of halogens is 1. The van der Waals surface area contributed by atoms with E-state index in [4.69, 9.17) is 9.84 Å². The van der Waals surface area contributed by atoms with Crippen LogP contribution in [0.25, 0.3) is 6.08 Å². The van der Waals surface area contributed by atoms with Gasteiger partial charge in [0, 0.05) is 16.1 Å². The molecule has 4 heteroatoms. The molecule has 1 aromatic rings. The van der Waals surface area contributed by atoms with Gasteiger partial charge in [-0.25, -0.2) is 4.79 Å². The van der Waals surface area contributed by atoms with Crippen LogP contribution in [-0.2, 0) is 4.79 Å². The Morgan fingerprint density at radius 1 is 1.53 bits per heavy atom. The van der Waals surface area contributed by atoms with Crippen LogP contribution in [0.4, 0.5) is 0 Å². The Balaban J connectivity index is 3.20. The van der Waals surface area contributed by atoms with Crippen LogP contribution >= 0.6 is 15.9 Å². The van der Waals surface area contributed by atoms with Crippen LogP contribution in [0.15, 0.2) is 22.7 Å². The number of aliphatic carboxylic acids is 1. The maximum atomic E-state index is 10.4. The van der Waals surface area contributed by atoms with Crippen LogP contribution in [-0.4, -0.2) is 18.2 Å². The number of hydrogen-bond acceptors (Lipinski definition) is 2. The van der Waals surface area contributed by atoms with Gasteiger partial charge in [-0.15, -0.1) is 0 Å². The molecule has 1 N–H and O–H groups in total. The summed E-state index contributed by atoms with van der Waals surface area (Å²) in [5.74, 6) is -0.330. The van der Waals surface area contributed by atoms with Crippen molar-refractivity contribution >= 4 is 28.0 Å². The second-order valence-electron chi connectivity index (χ2n) is 3.03. The first-order valence-electron chi connectivity index (χ1n) is 4.29. The van der Waals surface area contributed by atoms with E-state index in [-0.39, 0.29) is 0 Å². The molecule has 15 heavy (non-hydrogen) atoms. The van der Waals surface area contributed by atoms with Crippen molar-refractivity contribution in [3.05, 3.63) is 33.8 Å². The molecule has 0 spiro atoms. The summed E-state index contributed by atoms with van der Waals surface area (Å²) in [5.41, 5.74) is 1.77. The molecule has 0 saturated carbocycles. The van der Waals surface area contributed by atoms with Gasteiger partial charge in [-0.3, -0.25) is 0 Å². The number of carboxylic acids is 1. The zero-order valence-electron chi connectivity index (χ0n) is 8.45. The molecule has 0 amide bonds. The number of carbonyl (C=O) groups is 1. The number of carboxylic acid groups (broad SMARTS) is 1. The highest BCUT2D eigenvalue weighted by Crippen LogP contribution is 2.29. The van der Waals surface area contributed by atoms with Crippen molar-refractivity contribution in [1.82, 2.24) is 0 Å². The SMILES string of the molecule is COc1cc(C)cc(Br)c1/C=C/C(=O)O. The van der Waals surface area contributed by atoms with Gasteiger partial charge >= 0.3 is 5.97 Å². The van der Waals surface area contributed by atoms with E-state index in [0.29, 0.717) is 5.75 Å². The lowest BCUT2D eigenvalue weighted by molar-refractivity contribution is -0.131. The van der Waals surface area contributed by atoms with E-state index in [1.54, 1.807) is 7.11 Å². The van der Waals surface area contributed by atoms with E-state index >= 15 is 0 Å². The molecule has 80 valence electrons. The third kappa shape index (κ3) is 3.09. The maximum absolute atomic E-state index is 10.4. The van der Waals surface area contributed by atoms with E-state index in [1.165, 1.54) is 6.08 Å². The highest BCUT2D eigenvalue weighted by atomic mass is 79.9. The fourth-order valence-corrected chi connectivity index (χ4v) is 1.90. The van der Waals surface area contributed by atoms with E-state index < -0.39 is 5.97 Å². The first-order valence-corrected chi connectivity index (χ1v) is 5.09. The Morgan fingerprint density at radius 3 is 2.73 bits per heavy atom. The summed E-state index contributed by atoms with van der Waals surface area (Å²) >= 11 is 3.36. The highest BCUT2D eigenvalue weighted by molar-refractivity contribution is 9.10. The number of aryl methyl sites for hydroxylation is 1. The molecule has 0 bridgehead atoms. The van der Waals surface area contributed by atoms with Crippen molar-refractivity contribution in [2.24, 2.45) is 0 Å². The number of methoxy groups -OCH3 is 1. The van der Waals surface area contributed by atoms with E-state index in [0.717, 1.165) is 21.7 Å². The zero-order chi connectivity index (χ0) is 11.4. The van der Waals surface area contributed by atoms with Crippen LogP contribution in [0.5, 0.6) is 5.75 Å². The molecule has 0 aliphatic heterocycles. The lowest BCUT2D eigenvalue weighted by Gasteiger charge is -2.08. The topological polar surface area (TPSA) is 46.5 Å². The Kier molecular flexibility index (Phi) is 3.91. The molecule has 0 atom stereocenters. The summed E-state index contributed by atoms with van der Waals surface area (Å²) in [5, 5.41) is 8.54. The normalized spacial score (nSPS) is 10.6. The van der Waals surface area contributed by atoms with Crippen molar-refractivity contribution in [3.8, 4) is 5.75 Å². The van der Waals surface area contributed by atoms with Gasteiger partial charge in [-0.05, 0) is 30.7 Å². The van der Waals surface area contributed by atoms with Crippen molar-refractivity contribution in [2.75, 3.05) is 7.11 Å². The van der Waals surface area contributed by atoms with Gasteiger partial charge in [0.2, 0.25) is 0 Å². The molecule has 0 saturated heterocycles. The van der Waals surface area contributed by atoms with Crippen molar-refractivity contribution in [2.45, 2.75) is 6.92 Å². The van der Waals surface area contributed by atoms with Gasteiger partial charge in [0.15, 0.2) is 0 Å². The number of benzene rings is 1. The van der Waals surface area contributed by atoms with Crippen LogP contribution < -0.4 is 4.74 Å². The molecule has 1 rings (SSSR count). The summed E-state index contributed by atoms with van der Waals surface area (Å²) in [4.78, 5) is 10.4. The predicted octanol–water partition coefficient (Wildman–Crippen LogP) is 2.86. The highest BCUT2D eigenvalue weighted by Gasteiger charge is 2.05. The largest absolute Gasteiger partial charge is 0.496 e. The minimum atomic E-state index is -0.982. The van der Waals surface area contributed by atoms with Gasteiger partial charge < -0.3 is 9.84 Å². The lowest BCUT2D eigenvalue weighted by Crippen LogP contribution is -1.91. The average Bonchev–Trinajstić information content (AvgIpc) is 2.14. The van der Waals surface area contributed by atoms with E-state index in [1.807, 2.05) is 19.1 Å². The molecule has 0 aliphatic rings. The van der Waals surface area contributed by atoms with Gasteiger partial charge in [0.1, 0.15) is 5.75 Å². The maximum Gasteiger partial charge on any atom is 0.328 e. The number of ether oxygens (including phenoxy) is 1. The Labute approximate surface area is 96.5 Å². The predicted molar refractivity (Wildman–Crippen MR) is 62.1 cm³/mol. The third-order valence-electron chi connectivity index (χ3n) is 1.85. The van der Waals surface area contributed by atoms with Crippen molar-refractivity contribution in [3.63, 3.8) is 0 Å². The summed E-state index contributed by atoms with van der Waals surface area (Å²) in [7, 11) is 1.55. The lowest BCUT2D eigenvalue weighted by atomic mass is 10.1. The molecule has 3 nitrogen and oxygen atoms in total. The fourth-order valence-electron chi connectivity index (χ4n) is 1.21. The molecule has 0 unspecified atom stereocenters. The van der Waals surface area contributed by atoms with Crippen LogP contribution in [0.1, 0.15) is 11.1 Å². The fraction of sp³-hybridized carbons (Fsp3) is 0.182. The Hall–Kier alpha value is -1.29. The molecular formula is C11H11BrO3. The quantitative estimate of drug-likeness (QED) is 0.860. The number of rotatable bonds is 3. The summed E-state index contributed by atoms with van der Waals surface area (Å²) in [6.45, 7) is 1.94. The zero-order valence-corrected chi connectivity index (χ0v) is 10.0. The van der Waals surface area contributed by atoms with Crippen molar-refractivity contribution < 1.29 is 14.6 Å². The van der Waals surface area contributed by atoms with Crippen molar-refractivity contribution in [1.29, 1.82) is 0 Å². The molecule has 0 aliphatic carbocycles. The molecule has 0 aromatic heterocycles. The molecule has 0 heterocycles. The minimum Gasteiger partial charge on any atom is -0.496 e. The molecule has 0 fully saturated rings. The molecule has 1 aromatic carbocycles. The first kappa shape index (κ1) is 11.8. The number of hydrogen-bond donors (Lipinski definition) is 1. The van der Waals surface area contributed by atoms with Crippen LogP contribution in [0.2, 0.25) is 0 Å². The minimum absolute atomic E-state index is 0.652. The standard InChI is InChI=1S/C11H11BrO3/c1-7-5-9(12)8(3-4-11(13)14)10(6-7)15-2/h3-6H,1-2H3,(H,13,14)/b4-3+. The van der Waals surface area contributed by atoms with Gasteiger partial charge in [-0.1, -0.05) is 15.9 Å². The van der Waals surface area contributed by atoms with Gasteiger partial charge in [-0.2, -0.15) is 0 Å². The van der Waals surface area contributed by atoms with Gasteiger partial charge in [0.25, 0.3) is 0 Å². The third-order valence-corrected chi connectivity index (χ3v) is 2.50. The van der Waals surface area contributed by atoms with Crippen LogP contribution in [0.3, 0.4) is 0 Å². The summed E-state index contributed by atoms with van der Waals surface area (Å²) in [6, 6.07) is 3.76. The molecular weight excluding hydrogens is 260 g/mol. The summed E-state index contributed by atoms with van der Waals surface area (Å²) in [6.07, 6.45) is 2.59.